The molecule has 178 valence electrons. The Morgan fingerprint density at radius 3 is 2.16 bits per heavy atom. The first-order valence-electron chi connectivity index (χ1n) is 11.2. The highest BCUT2D eigenvalue weighted by Gasteiger charge is 2.35. The monoisotopic (exact) mass is 467 g/mol. The maximum absolute atomic E-state index is 13.1. The zero-order valence-corrected chi connectivity index (χ0v) is 19.9. The number of carbonyl (C=O) groups is 2. The van der Waals surface area contributed by atoms with E-state index in [4.69, 9.17) is 9.47 Å². The number of amides is 2. The zero-order valence-electron chi connectivity index (χ0n) is 19.1. The fourth-order valence-electron chi connectivity index (χ4n) is 4.17. The molecule has 2 aliphatic heterocycles. The Kier molecular flexibility index (Phi) is 8.00. The fourth-order valence-corrected chi connectivity index (χ4v) is 5.73. The van der Waals surface area contributed by atoms with Gasteiger partial charge in [-0.3, -0.25) is 4.79 Å². The molecule has 1 aromatic carbocycles. The summed E-state index contributed by atoms with van der Waals surface area (Å²) in [5.74, 6) is 0.527. The number of benzene rings is 1. The molecule has 0 saturated carbocycles. The van der Waals surface area contributed by atoms with Crippen molar-refractivity contribution < 1.29 is 27.5 Å². The normalized spacial score (nSPS) is 18.5. The Labute approximate surface area is 190 Å². The van der Waals surface area contributed by atoms with Gasteiger partial charge in [0.15, 0.2) is 0 Å². The molecule has 0 unspecified atom stereocenters. The van der Waals surface area contributed by atoms with Gasteiger partial charge in [-0.05, 0) is 57.4 Å². The molecule has 32 heavy (non-hydrogen) atoms. The van der Waals surface area contributed by atoms with Crippen LogP contribution in [-0.2, 0) is 19.6 Å². The SMILES string of the molecule is CCOC(=O)N1CCN(C(=O)C2CCN(S(=O)(=O)c3ccc(OCC)c(C)c3)CC2)CC1. The van der Waals surface area contributed by atoms with Gasteiger partial charge in [-0.25, -0.2) is 13.2 Å². The first-order valence-corrected chi connectivity index (χ1v) is 12.7. The van der Waals surface area contributed by atoms with E-state index in [-0.39, 0.29) is 22.8 Å². The largest absolute Gasteiger partial charge is 0.494 e. The average Bonchev–Trinajstić information content (AvgIpc) is 2.80. The van der Waals surface area contributed by atoms with Crippen molar-refractivity contribution in [1.82, 2.24) is 14.1 Å². The van der Waals surface area contributed by atoms with Gasteiger partial charge in [0.05, 0.1) is 18.1 Å². The molecule has 9 nitrogen and oxygen atoms in total. The molecular weight excluding hydrogens is 434 g/mol. The number of aryl methyl sites for hydroxylation is 1. The van der Waals surface area contributed by atoms with Crippen LogP contribution in [0.4, 0.5) is 4.79 Å². The molecule has 0 atom stereocenters. The van der Waals surface area contributed by atoms with Gasteiger partial charge in [0.1, 0.15) is 5.75 Å². The van der Waals surface area contributed by atoms with Crippen LogP contribution in [0, 0.1) is 12.8 Å². The molecular formula is C22H33N3O6S. The van der Waals surface area contributed by atoms with Gasteiger partial charge in [0, 0.05) is 45.2 Å². The zero-order chi connectivity index (χ0) is 23.3. The molecule has 2 heterocycles. The van der Waals surface area contributed by atoms with Gasteiger partial charge in [-0.2, -0.15) is 4.31 Å². The molecule has 2 amide bonds. The van der Waals surface area contributed by atoms with Gasteiger partial charge in [-0.1, -0.05) is 0 Å². The van der Waals surface area contributed by atoms with Crippen molar-refractivity contribution in [2.24, 2.45) is 5.92 Å². The van der Waals surface area contributed by atoms with Gasteiger partial charge in [0.2, 0.25) is 15.9 Å². The predicted molar refractivity (Wildman–Crippen MR) is 119 cm³/mol. The van der Waals surface area contributed by atoms with E-state index in [1.807, 2.05) is 13.8 Å². The van der Waals surface area contributed by atoms with E-state index in [9.17, 15) is 18.0 Å². The van der Waals surface area contributed by atoms with Crippen LogP contribution in [0.25, 0.3) is 0 Å². The molecule has 2 aliphatic rings. The van der Waals surface area contributed by atoms with E-state index >= 15 is 0 Å². The quantitative estimate of drug-likeness (QED) is 0.636. The first kappa shape index (κ1) is 24.3. The second kappa shape index (κ2) is 10.5. The second-order valence-corrected chi connectivity index (χ2v) is 9.99. The molecule has 1 aromatic rings. The minimum Gasteiger partial charge on any atom is -0.494 e. The minimum atomic E-state index is -3.62. The summed E-state index contributed by atoms with van der Waals surface area (Å²) >= 11 is 0. The van der Waals surface area contributed by atoms with Crippen LogP contribution in [-0.4, -0.2) is 87.0 Å². The fraction of sp³-hybridized carbons (Fsp3) is 0.636. The van der Waals surface area contributed by atoms with Crippen molar-refractivity contribution in [3.63, 3.8) is 0 Å². The second-order valence-electron chi connectivity index (χ2n) is 8.05. The highest BCUT2D eigenvalue weighted by molar-refractivity contribution is 7.89. The molecule has 0 aliphatic carbocycles. The lowest BCUT2D eigenvalue weighted by molar-refractivity contribution is -0.138. The molecule has 0 spiro atoms. The van der Waals surface area contributed by atoms with E-state index in [2.05, 4.69) is 0 Å². The van der Waals surface area contributed by atoms with E-state index < -0.39 is 10.0 Å². The Balaban J connectivity index is 1.55. The number of carbonyl (C=O) groups excluding carboxylic acids is 2. The Morgan fingerprint density at radius 1 is 0.969 bits per heavy atom. The van der Waals surface area contributed by atoms with Crippen molar-refractivity contribution >= 4 is 22.0 Å². The van der Waals surface area contributed by atoms with Crippen molar-refractivity contribution in [1.29, 1.82) is 0 Å². The van der Waals surface area contributed by atoms with E-state index in [0.717, 1.165) is 5.56 Å². The smallest absolute Gasteiger partial charge is 0.409 e. The van der Waals surface area contributed by atoms with Crippen LogP contribution in [0.15, 0.2) is 23.1 Å². The lowest BCUT2D eigenvalue weighted by Gasteiger charge is -2.38. The van der Waals surface area contributed by atoms with Gasteiger partial charge < -0.3 is 19.3 Å². The van der Waals surface area contributed by atoms with Gasteiger partial charge >= 0.3 is 6.09 Å². The third-order valence-corrected chi connectivity index (χ3v) is 7.90. The Hall–Kier alpha value is -2.33. The maximum atomic E-state index is 13.1. The van der Waals surface area contributed by atoms with E-state index in [0.29, 0.717) is 71.1 Å². The number of rotatable bonds is 6. The van der Waals surface area contributed by atoms with Crippen molar-refractivity contribution in [3.05, 3.63) is 23.8 Å². The number of piperidine rings is 1. The van der Waals surface area contributed by atoms with Crippen molar-refractivity contribution in [2.45, 2.75) is 38.5 Å². The topological polar surface area (TPSA) is 96.5 Å². The van der Waals surface area contributed by atoms with E-state index in [1.165, 1.54) is 4.31 Å². The summed E-state index contributed by atoms with van der Waals surface area (Å²) in [6.07, 6.45) is 0.640. The van der Waals surface area contributed by atoms with Crippen LogP contribution >= 0.6 is 0 Å². The lowest BCUT2D eigenvalue weighted by Crippen LogP contribution is -2.53. The Morgan fingerprint density at radius 2 is 1.59 bits per heavy atom. The van der Waals surface area contributed by atoms with Crippen LogP contribution in [0.1, 0.15) is 32.3 Å². The third-order valence-electron chi connectivity index (χ3n) is 6.00. The standard InChI is InChI=1S/C22H33N3O6S/c1-4-30-20-7-6-19(16-17(20)3)32(28,29)25-10-8-18(9-11-25)21(26)23-12-14-24(15-13-23)22(27)31-5-2/h6-7,16,18H,4-5,8-15H2,1-3H3. The summed E-state index contributed by atoms with van der Waals surface area (Å²) < 4.78 is 38.1. The number of piperazine rings is 1. The van der Waals surface area contributed by atoms with Crippen molar-refractivity contribution in [3.8, 4) is 5.75 Å². The summed E-state index contributed by atoms with van der Waals surface area (Å²) in [6.45, 7) is 8.81. The molecule has 2 fully saturated rings. The molecule has 2 saturated heterocycles. The number of ether oxygens (including phenoxy) is 2. The highest BCUT2D eigenvalue weighted by atomic mass is 32.2. The number of hydrogen-bond acceptors (Lipinski definition) is 6. The average molecular weight is 468 g/mol. The van der Waals surface area contributed by atoms with Gasteiger partial charge in [0.25, 0.3) is 0 Å². The highest BCUT2D eigenvalue weighted by Crippen LogP contribution is 2.28. The summed E-state index contributed by atoms with van der Waals surface area (Å²) in [7, 11) is -3.62. The lowest BCUT2D eigenvalue weighted by atomic mass is 9.96. The molecule has 0 bridgehead atoms. The summed E-state index contributed by atoms with van der Waals surface area (Å²) in [5, 5.41) is 0. The van der Waals surface area contributed by atoms with Gasteiger partial charge in [-0.15, -0.1) is 0 Å². The molecule has 0 aromatic heterocycles. The van der Waals surface area contributed by atoms with Crippen LogP contribution in [0.2, 0.25) is 0 Å². The number of nitrogens with zero attached hydrogens (tertiary/aromatic N) is 3. The van der Waals surface area contributed by atoms with E-state index in [1.54, 1.807) is 34.9 Å². The first-order chi connectivity index (χ1) is 15.3. The van der Waals surface area contributed by atoms with Crippen molar-refractivity contribution in [2.75, 3.05) is 52.5 Å². The molecule has 0 N–H and O–H groups in total. The minimum absolute atomic E-state index is 0.0440. The number of sulfonamides is 1. The maximum Gasteiger partial charge on any atom is 0.409 e. The molecule has 10 heteroatoms. The Bertz CT molecular complexity index is 920. The number of hydrogen-bond donors (Lipinski definition) is 0. The van der Waals surface area contributed by atoms with Crippen LogP contribution < -0.4 is 4.74 Å². The predicted octanol–water partition coefficient (Wildman–Crippen LogP) is 2.10. The molecule has 3 rings (SSSR count). The van der Waals surface area contributed by atoms with Crippen LogP contribution in [0.5, 0.6) is 5.75 Å². The summed E-state index contributed by atoms with van der Waals surface area (Å²) in [5.41, 5.74) is 0.778. The summed E-state index contributed by atoms with van der Waals surface area (Å²) in [6, 6.07) is 4.91. The van der Waals surface area contributed by atoms with Crippen LogP contribution in [0.3, 0.4) is 0 Å². The molecule has 0 radical (unpaired) electrons. The summed E-state index contributed by atoms with van der Waals surface area (Å²) in [4.78, 5) is 28.4. The third kappa shape index (κ3) is 5.35.